The summed E-state index contributed by atoms with van der Waals surface area (Å²) in [4.78, 5) is 5.48. The summed E-state index contributed by atoms with van der Waals surface area (Å²) in [6.45, 7) is 0. The van der Waals surface area contributed by atoms with E-state index in [1.54, 1.807) is 0 Å². The number of hydrogen-bond acceptors (Lipinski definition) is 3. The molecule has 0 fully saturated rings. The molecule has 3 nitrogen and oxygen atoms in total. The molecule has 3 heterocycles. The molecule has 0 bridgehead atoms. The smallest absolute Gasteiger partial charge is 0.161 e. The number of rotatable bonds is 3. The average Bonchev–Trinajstić information content (AvgIpc) is 3.68. The second-order valence-corrected chi connectivity index (χ2v) is 12.6. The number of benzene rings is 7. The van der Waals surface area contributed by atoms with Crippen molar-refractivity contribution in [2.24, 2.45) is 4.99 Å². The first-order valence-corrected chi connectivity index (χ1v) is 16.5. The van der Waals surface area contributed by atoms with Gasteiger partial charge in [-0.2, -0.15) is 0 Å². The lowest BCUT2D eigenvalue weighted by Gasteiger charge is -2.15. The van der Waals surface area contributed by atoms with Crippen molar-refractivity contribution in [2.45, 2.75) is 12.8 Å². The third kappa shape index (κ3) is 4.32. The van der Waals surface area contributed by atoms with Gasteiger partial charge < -0.3 is 8.83 Å². The van der Waals surface area contributed by atoms with Gasteiger partial charge in [-0.1, -0.05) is 109 Å². The van der Waals surface area contributed by atoms with Crippen LogP contribution >= 0.6 is 0 Å². The molecule has 7 aromatic carbocycles. The van der Waals surface area contributed by atoms with Crippen LogP contribution in [0.5, 0.6) is 0 Å². The summed E-state index contributed by atoms with van der Waals surface area (Å²) in [5, 5.41) is 8.13. The maximum atomic E-state index is 6.64. The van der Waals surface area contributed by atoms with E-state index in [9.17, 15) is 0 Å². The third-order valence-electron chi connectivity index (χ3n) is 9.72. The molecular formula is C45H29NO2. The standard InChI is InChI=1S/C45H29NO2/c1-3-12-30-24-32(22-20-28(30)10-1)35-16-9-17-39(46-44-37-15-6-8-19-41(37)48-45(35)44)34-26-38(33-23-21-29-11-2-4-13-31(29)25-33)43-36-14-5-7-18-40(36)47-42(43)27-34/h1-8,10-16,18-27H,9,17H2/b35-16-,46-39+. The van der Waals surface area contributed by atoms with Crippen LogP contribution in [-0.4, -0.2) is 5.71 Å². The Morgan fingerprint density at radius 2 is 1.10 bits per heavy atom. The lowest BCUT2D eigenvalue weighted by atomic mass is 9.92. The van der Waals surface area contributed by atoms with Crippen LogP contribution in [-0.2, 0) is 0 Å². The average molecular weight is 616 g/mol. The van der Waals surface area contributed by atoms with Crippen molar-refractivity contribution in [2.75, 3.05) is 0 Å². The molecule has 10 rings (SSSR count). The topological polar surface area (TPSA) is 38.6 Å². The molecule has 0 radical (unpaired) electrons. The summed E-state index contributed by atoms with van der Waals surface area (Å²) in [5.41, 5.74) is 10.1. The second-order valence-electron chi connectivity index (χ2n) is 12.6. The zero-order chi connectivity index (χ0) is 31.6. The second kappa shape index (κ2) is 10.7. The van der Waals surface area contributed by atoms with Crippen LogP contribution in [0, 0.1) is 0 Å². The van der Waals surface area contributed by atoms with Gasteiger partial charge in [0.1, 0.15) is 22.4 Å². The number of aliphatic imine (C=N–C) groups is 1. The first-order chi connectivity index (χ1) is 23.8. The molecule has 2 aromatic heterocycles. The van der Waals surface area contributed by atoms with Crippen molar-refractivity contribution in [3.8, 4) is 11.1 Å². The number of para-hydroxylation sites is 2. The molecule has 0 saturated carbocycles. The molecule has 0 unspecified atom stereocenters. The van der Waals surface area contributed by atoms with E-state index in [-0.39, 0.29) is 0 Å². The largest absolute Gasteiger partial charge is 0.456 e. The molecular weight excluding hydrogens is 587 g/mol. The van der Waals surface area contributed by atoms with E-state index in [1.807, 2.05) is 18.2 Å². The maximum Gasteiger partial charge on any atom is 0.161 e. The minimum atomic E-state index is 0.777. The summed E-state index contributed by atoms with van der Waals surface area (Å²) >= 11 is 0. The first kappa shape index (κ1) is 27.0. The fraction of sp³-hybridized carbons (Fsp3) is 0.0444. The molecule has 0 spiro atoms. The van der Waals surface area contributed by atoms with Crippen LogP contribution in [0.2, 0.25) is 0 Å². The molecule has 9 aromatic rings. The van der Waals surface area contributed by atoms with Crippen molar-refractivity contribution < 1.29 is 8.83 Å². The third-order valence-corrected chi connectivity index (χ3v) is 9.72. The zero-order valence-corrected chi connectivity index (χ0v) is 26.1. The molecule has 48 heavy (non-hydrogen) atoms. The van der Waals surface area contributed by atoms with Gasteiger partial charge in [0.25, 0.3) is 0 Å². The van der Waals surface area contributed by atoms with Crippen molar-refractivity contribution in [1.82, 2.24) is 0 Å². The van der Waals surface area contributed by atoms with Gasteiger partial charge in [-0.3, -0.25) is 0 Å². The van der Waals surface area contributed by atoms with E-state index in [0.29, 0.717) is 0 Å². The van der Waals surface area contributed by atoms with E-state index < -0.39 is 0 Å². The molecule has 0 atom stereocenters. The Bertz CT molecular complexity index is 2790. The highest BCUT2D eigenvalue weighted by atomic mass is 16.3. The Balaban J connectivity index is 1.19. The van der Waals surface area contributed by atoms with Crippen molar-refractivity contribution in [3.05, 3.63) is 169 Å². The molecule has 0 saturated heterocycles. The minimum Gasteiger partial charge on any atom is -0.456 e. The van der Waals surface area contributed by atoms with Crippen molar-refractivity contribution >= 4 is 71.4 Å². The summed E-state index contributed by atoms with van der Waals surface area (Å²) in [6.07, 6.45) is 3.92. The number of nitrogens with zero attached hydrogens (tertiary/aromatic N) is 1. The van der Waals surface area contributed by atoms with Gasteiger partial charge in [0.15, 0.2) is 5.76 Å². The fourth-order valence-electron chi connectivity index (χ4n) is 7.38. The zero-order valence-electron chi connectivity index (χ0n) is 26.1. The Morgan fingerprint density at radius 1 is 0.479 bits per heavy atom. The predicted molar refractivity (Wildman–Crippen MR) is 199 cm³/mol. The van der Waals surface area contributed by atoms with E-state index in [2.05, 4.69) is 133 Å². The molecule has 0 amide bonds. The van der Waals surface area contributed by atoms with E-state index >= 15 is 0 Å². The number of fused-ring (bicyclic) bond motifs is 8. The number of furan rings is 2. The SMILES string of the molecule is C1=C(/c2ccc3ccccc3c2)c2oc3ccccc3c2/N=C(/c2cc(-c3ccc4ccccc4c3)c3c(c2)oc2ccccc23)CC/1. The molecule has 3 heteroatoms. The van der Waals surface area contributed by atoms with Crippen LogP contribution in [0.3, 0.4) is 0 Å². The quantitative estimate of drug-likeness (QED) is 0.198. The Labute approximate surface area is 277 Å². The lowest BCUT2D eigenvalue weighted by Crippen LogP contribution is -2.03. The predicted octanol–water partition coefficient (Wildman–Crippen LogP) is 12.7. The summed E-state index contributed by atoms with van der Waals surface area (Å²) in [7, 11) is 0. The molecule has 226 valence electrons. The van der Waals surface area contributed by atoms with Crippen molar-refractivity contribution in [1.29, 1.82) is 0 Å². The van der Waals surface area contributed by atoms with Crippen LogP contribution in [0.4, 0.5) is 5.69 Å². The van der Waals surface area contributed by atoms with Crippen LogP contribution in [0.1, 0.15) is 29.7 Å². The van der Waals surface area contributed by atoms with Gasteiger partial charge in [-0.15, -0.1) is 0 Å². The molecule has 0 aliphatic carbocycles. The van der Waals surface area contributed by atoms with Gasteiger partial charge in [0.05, 0.1) is 0 Å². The summed E-state index contributed by atoms with van der Waals surface area (Å²) in [6, 6.07) is 51.4. The Kier molecular flexibility index (Phi) is 6.00. The highest BCUT2D eigenvalue weighted by molar-refractivity contribution is 6.17. The van der Waals surface area contributed by atoms with E-state index in [0.717, 1.165) is 90.7 Å². The highest BCUT2D eigenvalue weighted by Crippen LogP contribution is 2.44. The molecule has 1 aliphatic rings. The number of allylic oxidation sites excluding steroid dienone is 1. The van der Waals surface area contributed by atoms with Gasteiger partial charge in [0, 0.05) is 33.0 Å². The minimum absolute atomic E-state index is 0.777. The normalized spacial score (nSPS) is 15.7. The van der Waals surface area contributed by atoms with Gasteiger partial charge >= 0.3 is 0 Å². The summed E-state index contributed by atoms with van der Waals surface area (Å²) < 4.78 is 13.2. The van der Waals surface area contributed by atoms with Gasteiger partial charge in [0.2, 0.25) is 0 Å². The Morgan fingerprint density at radius 3 is 1.88 bits per heavy atom. The molecule has 0 N–H and O–H groups in total. The summed E-state index contributed by atoms with van der Waals surface area (Å²) in [5.74, 6) is 0.809. The number of hydrogen-bond donors (Lipinski definition) is 0. The lowest BCUT2D eigenvalue weighted by molar-refractivity contribution is 0.600. The van der Waals surface area contributed by atoms with E-state index in [4.69, 9.17) is 13.8 Å². The Hall–Kier alpha value is -6.19. The van der Waals surface area contributed by atoms with E-state index in [1.165, 1.54) is 21.5 Å². The van der Waals surface area contributed by atoms with Crippen molar-refractivity contribution in [3.63, 3.8) is 0 Å². The van der Waals surface area contributed by atoms with Crippen LogP contribution < -0.4 is 0 Å². The highest BCUT2D eigenvalue weighted by Gasteiger charge is 2.23. The fourth-order valence-corrected chi connectivity index (χ4v) is 7.38. The first-order valence-electron chi connectivity index (χ1n) is 16.5. The van der Waals surface area contributed by atoms with Crippen LogP contribution in [0.25, 0.3) is 71.2 Å². The molecule has 1 aliphatic heterocycles. The monoisotopic (exact) mass is 615 g/mol. The van der Waals surface area contributed by atoms with Gasteiger partial charge in [-0.25, -0.2) is 4.99 Å². The maximum absolute atomic E-state index is 6.64. The van der Waals surface area contributed by atoms with Crippen LogP contribution in [0.15, 0.2) is 165 Å². The van der Waals surface area contributed by atoms with Gasteiger partial charge in [-0.05, 0) is 93.5 Å².